The summed E-state index contributed by atoms with van der Waals surface area (Å²) in [5.41, 5.74) is 2.47. The van der Waals surface area contributed by atoms with E-state index in [0.717, 1.165) is 64.3 Å². The van der Waals surface area contributed by atoms with Crippen molar-refractivity contribution in [2.24, 2.45) is 0 Å². The molecule has 0 spiro atoms. The van der Waals surface area contributed by atoms with Crippen molar-refractivity contribution in [2.45, 2.75) is 38.8 Å². The van der Waals surface area contributed by atoms with Gasteiger partial charge in [-0.3, -0.25) is 9.69 Å². The van der Waals surface area contributed by atoms with Crippen LogP contribution in [-0.4, -0.2) is 61.2 Å². The van der Waals surface area contributed by atoms with Gasteiger partial charge in [-0.25, -0.2) is 0 Å². The van der Waals surface area contributed by atoms with E-state index >= 15 is 0 Å². The third kappa shape index (κ3) is 4.65. The van der Waals surface area contributed by atoms with Gasteiger partial charge in [0.2, 0.25) is 0 Å². The molecule has 0 aromatic heterocycles. The highest BCUT2D eigenvalue weighted by Gasteiger charge is 2.30. The van der Waals surface area contributed by atoms with Gasteiger partial charge in [-0.1, -0.05) is 18.2 Å². The van der Waals surface area contributed by atoms with E-state index in [-0.39, 0.29) is 12.0 Å². The highest BCUT2D eigenvalue weighted by molar-refractivity contribution is 5.81. The van der Waals surface area contributed by atoms with Gasteiger partial charge in [-0.15, -0.1) is 6.58 Å². The van der Waals surface area contributed by atoms with E-state index in [0.29, 0.717) is 6.61 Å². The van der Waals surface area contributed by atoms with Crippen LogP contribution in [0.4, 0.5) is 0 Å². The van der Waals surface area contributed by atoms with Crippen LogP contribution in [0, 0.1) is 0 Å². The van der Waals surface area contributed by atoms with E-state index in [4.69, 9.17) is 9.47 Å². The van der Waals surface area contributed by atoms with Crippen molar-refractivity contribution in [1.29, 1.82) is 0 Å². The molecule has 142 valence electrons. The zero-order chi connectivity index (χ0) is 18.4. The highest BCUT2D eigenvalue weighted by Crippen LogP contribution is 2.23. The Hall–Kier alpha value is -1.85. The van der Waals surface area contributed by atoms with Crippen LogP contribution >= 0.6 is 0 Å². The van der Waals surface area contributed by atoms with Gasteiger partial charge in [-0.05, 0) is 43.4 Å². The number of allylic oxidation sites excluding steroid dienone is 1. The van der Waals surface area contributed by atoms with Crippen LogP contribution < -0.4 is 4.74 Å². The van der Waals surface area contributed by atoms with E-state index in [1.54, 1.807) is 0 Å². The fourth-order valence-electron chi connectivity index (χ4n) is 3.70. The van der Waals surface area contributed by atoms with Crippen LogP contribution in [0.25, 0.3) is 0 Å². The van der Waals surface area contributed by atoms with E-state index in [1.807, 2.05) is 17.9 Å². The molecule has 0 aliphatic carbocycles. The summed E-state index contributed by atoms with van der Waals surface area (Å²) in [6, 6.07) is 6.42. The quantitative estimate of drug-likeness (QED) is 0.703. The van der Waals surface area contributed by atoms with Crippen molar-refractivity contribution in [3.8, 4) is 5.75 Å². The maximum Gasteiger partial charge on any atom is 0.251 e. The van der Waals surface area contributed by atoms with E-state index in [9.17, 15) is 4.79 Å². The van der Waals surface area contributed by atoms with Crippen LogP contribution in [0.3, 0.4) is 0 Å². The van der Waals surface area contributed by atoms with Crippen molar-refractivity contribution in [3.63, 3.8) is 0 Å². The fourth-order valence-corrected chi connectivity index (χ4v) is 3.70. The Morgan fingerprint density at radius 2 is 2.15 bits per heavy atom. The van der Waals surface area contributed by atoms with Crippen molar-refractivity contribution < 1.29 is 14.3 Å². The van der Waals surface area contributed by atoms with Crippen molar-refractivity contribution >= 4 is 5.91 Å². The molecule has 1 atom stereocenters. The van der Waals surface area contributed by atoms with Gasteiger partial charge in [0.1, 0.15) is 11.9 Å². The van der Waals surface area contributed by atoms with Crippen LogP contribution in [0.5, 0.6) is 5.75 Å². The minimum Gasteiger partial charge on any atom is -0.494 e. The first-order chi connectivity index (χ1) is 12.7. The first-order valence-electron chi connectivity index (χ1n) is 9.69. The number of hydrogen-bond acceptors (Lipinski definition) is 4. The Morgan fingerprint density at radius 3 is 2.81 bits per heavy atom. The van der Waals surface area contributed by atoms with Gasteiger partial charge in [0.05, 0.1) is 6.61 Å². The van der Waals surface area contributed by atoms with Crippen molar-refractivity contribution in [3.05, 3.63) is 42.0 Å². The lowest BCUT2D eigenvalue weighted by molar-refractivity contribution is -0.142. The largest absolute Gasteiger partial charge is 0.494 e. The Labute approximate surface area is 156 Å². The predicted octanol–water partition coefficient (Wildman–Crippen LogP) is 2.64. The van der Waals surface area contributed by atoms with Gasteiger partial charge in [0.15, 0.2) is 0 Å². The summed E-state index contributed by atoms with van der Waals surface area (Å²) >= 11 is 0. The Bertz CT molecular complexity index is 618. The summed E-state index contributed by atoms with van der Waals surface area (Å²) in [5.74, 6) is 1.12. The fraction of sp³-hybridized carbons (Fsp3) is 0.571. The smallest absolute Gasteiger partial charge is 0.251 e. The van der Waals surface area contributed by atoms with Crippen molar-refractivity contribution in [2.75, 3.05) is 39.4 Å². The summed E-state index contributed by atoms with van der Waals surface area (Å²) < 4.78 is 11.2. The monoisotopic (exact) mass is 358 g/mol. The minimum absolute atomic E-state index is 0.177. The SMILES string of the molecule is C=CCc1cc(CN2CCN(C(=O)C3CCCO3)CC2)ccc1OCC. The Kier molecular flexibility index (Phi) is 6.69. The summed E-state index contributed by atoms with van der Waals surface area (Å²) in [4.78, 5) is 16.8. The maximum absolute atomic E-state index is 12.4. The molecule has 2 fully saturated rings. The number of carbonyl (C=O) groups excluding carboxylic acids is 1. The molecule has 1 aromatic rings. The molecule has 1 aromatic carbocycles. The number of nitrogens with zero attached hydrogens (tertiary/aromatic N) is 2. The topological polar surface area (TPSA) is 42.0 Å². The second-order valence-corrected chi connectivity index (χ2v) is 6.97. The van der Waals surface area contributed by atoms with E-state index in [1.165, 1.54) is 11.1 Å². The van der Waals surface area contributed by atoms with Gasteiger partial charge >= 0.3 is 0 Å². The van der Waals surface area contributed by atoms with Crippen LogP contribution in [0.2, 0.25) is 0 Å². The van der Waals surface area contributed by atoms with Gasteiger partial charge < -0.3 is 14.4 Å². The van der Waals surface area contributed by atoms with Crippen LogP contribution in [-0.2, 0) is 22.5 Å². The standard InChI is InChI=1S/C21H30N2O3/c1-3-6-18-15-17(8-9-19(18)25-4-2)16-22-10-12-23(13-11-22)21(24)20-7-5-14-26-20/h3,8-9,15,20H,1,4-7,10-14,16H2,2H3. The molecule has 2 aliphatic rings. The normalized spacial score (nSPS) is 21.0. The number of rotatable bonds is 7. The summed E-state index contributed by atoms with van der Waals surface area (Å²) in [6.45, 7) is 11.5. The molecule has 1 amide bonds. The second kappa shape index (κ2) is 9.19. The molecule has 3 rings (SSSR count). The molecule has 2 aliphatic heterocycles. The minimum atomic E-state index is -0.200. The van der Waals surface area contributed by atoms with Gasteiger partial charge in [0, 0.05) is 39.3 Å². The molecule has 5 nitrogen and oxygen atoms in total. The molecule has 0 saturated carbocycles. The number of ether oxygens (including phenoxy) is 2. The zero-order valence-electron chi connectivity index (χ0n) is 15.8. The molecule has 26 heavy (non-hydrogen) atoms. The molecular formula is C21H30N2O3. The molecule has 5 heteroatoms. The number of carbonyl (C=O) groups is 1. The van der Waals surface area contributed by atoms with E-state index in [2.05, 4.69) is 29.7 Å². The highest BCUT2D eigenvalue weighted by atomic mass is 16.5. The summed E-state index contributed by atoms with van der Waals surface area (Å²) in [7, 11) is 0. The number of piperazine rings is 1. The Balaban J connectivity index is 1.54. The molecule has 0 bridgehead atoms. The van der Waals surface area contributed by atoms with Gasteiger partial charge in [0.25, 0.3) is 5.91 Å². The third-order valence-electron chi connectivity index (χ3n) is 5.08. The molecule has 0 radical (unpaired) electrons. The number of benzene rings is 1. The lowest BCUT2D eigenvalue weighted by atomic mass is 10.1. The molecular weight excluding hydrogens is 328 g/mol. The summed E-state index contributed by atoms with van der Waals surface area (Å²) in [5, 5.41) is 0. The van der Waals surface area contributed by atoms with Gasteiger partial charge in [-0.2, -0.15) is 0 Å². The molecule has 2 heterocycles. The van der Waals surface area contributed by atoms with E-state index < -0.39 is 0 Å². The molecule has 0 N–H and O–H groups in total. The average Bonchev–Trinajstić information content (AvgIpc) is 3.19. The molecule has 1 unspecified atom stereocenters. The maximum atomic E-state index is 12.4. The lowest BCUT2D eigenvalue weighted by Gasteiger charge is -2.35. The molecule has 2 saturated heterocycles. The summed E-state index contributed by atoms with van der Waals surface area (Å²) in [6.07, 6.45) is 4.40. The Morgan fingerprint density at radius 1 is 1.35 bits per heavy atom. The number of hydrogen-bond donors (Lipinski definition) is 0. The lowest BCUT2D eigenvalue weighted by Crippen LogP contribution is -2.51. The van der Waals surface area contributed by atoms with Crippen LogP contribution in [0.1, 0.15) is 30.9 Å². The first kappa shape index (κ1) is 18.9. The second-order valence-electron chi connectivity index (χ2n) is 6.97. The van der Waals surface area contributed by atoms with Crippen LogP contribution in [0.15, 0.2) is 30.9 Å². The average molecular weight is 358 g/mol. The van der Waals surface area contributed by atoms with Crippen molar-refractivity contribution in [1.82, 2.24) is 9.80 Å². The third-order valence-corrected chi connectivity index (χ3v) is 5.08. The first-order valence-corrected chi connectivity index (χ1v) is 9.69. The zero-order valence-corrected chi connectivity index (χ0v) is 15.8. The predicted molar refractivity (Wildman–Crippen MR) is 102 cm³/mol. The number of amides is 1.